The predicted molar refractivity (Wildman–Crippen MR) is 107 cm³/mol. The van der Waals surface area contributed by atoms with E-state index >= 15 is 0 Å². The average Bonchev–Trinajstić information content (AvgIpc) is 2.93. The minimum absolute atomic E-state index is 0.413. The van der Waals surface area contributed by atoms with Crippen molar-refractivity contribution in [3.63, 3.8) is 0 Å². The van der Waals surface area contributed by atoms with Crippen molar-refractivity contribution >= 4 is 16.6 Å². The van der Waals surface area contributed by atoms with E-state index in [2.05, 4.69) is 82.3 Å². The lowest BCUT2D eigenvalue weighted by molar-refractivity contribution is 0.476. The third-order valence-corrected chi connectivity index (χ3v) is 4.44. The predicted octanol–water partition coefficient (Wildman–Crippen LogP) is 6.52. The number of rotatable bonds is 5. The SMILES string of the molecule is Cc1cc(NC(C)C)cc(C)c1Oc1ccc2[nH]cc(C(C)C)c2c1. The number of ether oxygens (including phenoxy) is 1. The fourth-order valence-electron chi connectivity index (χ4n) is 3.31. The van der Waals surface area contributed by atoms with E-state index in [4.69, 9.17) is 4.74 Å². The summed E-state index contributed by atoms with van der Waals surface area (Å²) in [6.07, 6.45) is 2.10. The highest BCUT2D eigenvalue weighted by atomic mass is 16.5. The second-order valence-electron chi connectivity index (χ2n) is 7.45. The van der Waals surface area contributed by atoms with Crippen LogP contribution in [0.4, 0.5) is 5.69 Å². The molecule has 0 aliphatic carbocycles. The molecule has 3 rings (SSSR count). The highest BCUT2D eigenvalue weighted by Gasteiger charge is 2.11. The summed E-state index contributed by atoms with van der Waals surface area (Å²) in [6.45, 7) is 12.9. The quantitative estimate of drug-likeness (QED) is 0.556. The average molecular weight is 336 g/mol. The van der Waals surface area contributed by atoms with Gasteiger partial charge in [-0.3, -0.25) is 0 Å². The summed E-state index contributed by atoms with van der Waals surface area (Å²) in [5.41, 5.74) is 5.90. The summed E-state index contributed by atoms with van der Waals surface area (Å²) < 4.78 is 6.27. The Hall–Kier alpha value is -2.42. The number of benzene rings is 2. The van der Waals surface area contributed by atoms with Crippen LogP contribution < -0.4 is 10.1 Å². The molecule has 132 valence electrons. The van der Waals surface area contributed by atoms with Crippen molar-refractivity contribution in [2.75, 3.05) is 5.32 Å². The van der Waals surface area contributed by atoms with Crippen LogP contribution in [0.25, 0.3) is 10.9 Å². The Labute approximate surface area is 150 Å². The van der Waals surface area contributed by atoms with E-state index < -0.39 is 0 Å². The first-order chi connectivity index (χ1) is 11.8. The molecule has 0 saturated heterocycles. The van der Waals surface area contributed by atoms with Gasteiger partial charge in [0.05, 0.1) is 0 Å². The summed E-state index contributed by atoms with van der Waals surface area (Å²) >= 11 is 0. The van der Waals surface area contributed by atoms with Crippen molar-refractivity contribution in [2.45, 2.75) is 53.5 Å². The van der Waals surface area contributed by atoms with Crippen molar-refractivity contribution in [2.24, 2.45) is 0 Å². The Kier molecular flexibility index (Phi) is 4.76. The monoisotopic (exact) mass is 336 g/mol. The lowest BCUT2D eigenvalue weighted by Gasteiger charge is -2.16. The molecule has 25 heavy (non-hydrogen) atoms. The van der Waals surface area contributed by atoms with Gasteiger partial charge in [-0.05, 0) is 80.6 Å². The first kappa shape index (κ1) is 17.4. The van der Waals surface area contributed by atoms with E-state index in [9.17, 15) is 0 Å². The molecule has 0 fully saturated rings. The fourth-order valence-corrected chi connectivity index (χ4v) is 3.31. The van der Waals surface area contributed by atoms with Crippen molar-refractivity contribution in [3.05, 3.63) is 53.2 Å². The normalized spacial score (nSPS) is 11.5. The molecular formula is C22H28N2O. The number of aromatic amines is 1. The third-order valence-electron chi connectivity index (χ3n) is 4.44. The molecule has 0 aliphatic rings. The van der Waals surface area contributed by atoms with Gasteiger partial charge in [-0.2, -0.15) is 0 Å². The van der Waals surface area contributed by atoms with Gasteiger partial charge in [0.15, 0.2) is 0 Å². The molecule has 0 atom stereocenters. The van der Waals surface area contributed by atoms with E-state index in [1.54, 1.807) is 0 Å². The van der Waals surface area contributed by atoms with E-state index in [0.29, 0.717) is 12.0 Å². The lowest BCUT2D eigenvalue weighted by Crippen LogP contribution is -2.10. The van der Waals surface area contributed by atoms with Crippen molar-refractivity contribution in [1.82, 2.24) is 4.98 Å². The van der Waals surface area contributed by atoms with Crippen molar-refractivity contribution in [1.29, 1.82) is 0 Å². The Morgan fingerprint density at radius 2 is 1.64 bits per heavy atom. The van der Waals surface area contributed by atoms with Crippen LogP contribution in [-0.4, -0.2) is 11.0 Å². The molecule has 0 spiro atoms. The van der Waals surface area contributed by atoms with Gasteiger partial charge in [0.1, 0.15) is 11.5 Å². The Morgan fingerprint density at radius 1 is 0.960 bits per heavy atom. The Morgan fingerprint density at radius 3 is 2.24 bits per heavy atom. The van der Waals surface area contributed by atoms with Gasteiger partial charge >= 0.3 is 0 Å². The van der Waals surface area contributed by atoms with Gasteiger partial charge in [0.2, 0.25) is 0 Å². The van der Waals surface area contributed by atoms with Gasteiger partial charge in [0.25, 0.3) is 0 Å². The zero-order valence-corrected chi connectivity index (χ0v) is 16.0. The van der Waals surface area contributed by atoms with Gasteiger partial charge < -0.3 is 15.0 Å². The number of aromatic nitrogens is 1. The van der Waals surface area contributed by atoms with Crippen LogP contribution in [0.1, 0.15) is 50.3 Å². The van der Waals surface area contributed by atoms with E-state index in [1.807, 2.05) is 6.07 Å². The largest absolute Gasteiger partial charge is 0.457 e. The maximum atomic E-state index is 6.27. The topological polar surface area (TPSA) is 37.0 Å². The number of aryl methyl sites for hydroxylation is 2. The lowest BCUT2D eigenvalue weighted by atomic mass is 10.0. The number of nitrogens with one attached hydrogen (secondary N) is 2. The van der Waals surface area contributed by atoms with E-state index in [-0.39, 0.29) is 0 Å². The molecule has 2 aromatic carbocycles. The van der Waals surface area contributed by atoms with Gasteiger partial charge in [-0.15, -0.1) is 0 Å². The summed E-state index contributed by atoms with van der Waals surface area (Å²) in [4.78, 5) is 3.35. The number of H-pyrrole nitrogens is 1. The summed E-state index contributed by atoms with van der Waals surface area (Å²) in [6, 6.07) is 11.0. The zero-order valence-electron chi connectivity index (χ0n) is 16.0. The fraction of sp³-hybridized carbons (Fsp3) is 0.364. The van der Waals surface area contributed by atoms with Crippen LogP contribution in [0, 0.1) is 13.8 Å². The summed E-state index contributed by atoms with van der Waals surface area (Å²) in [5.74, 6) is 2.30. The first-order valence-electron chi connectivity index (χ1n) is 9.02. The number of hydrogen-bond acceptors (Lipinski definition) is 2. The maximum absolute atomic E-state index is 6.27. The highest BCUT2D eigenvalue weighted by molar-refractivity contribution is 5.85. The molecule has 1 heterocycles. The molecule has 1 aromatic heterocycles. The summed E-state index contributed by atoms with van der Waals surface area (Å²) in [5, 5.41) is 4.70. The van der Waals surface area contributed by atoms with Crippen LogP contribution in [0.2, 0.25) is 0 Å². The number of hydrogen-bond donors (Lipinski definition) is 2. The zero-order chi connectivity index (χ0) is 18.1. The van der Waals surface area contributed by atoms with Gasteiger partial charge in [-0.1, -0.05) is 13.8 Å². The van der Waals surface area contributed by atoms with Gasteiger partial charge in [0, 0.05) is 28.8 Å². The van der Waals surface area contributed by atoms with Crippen LogP contribution in [0.3, 0.4) is 0 Å². The molecule has 0 bridgehead atoms. The smallest absolute Gasteiger partial charge is 0.133 e. The van der Waals surface area contributed by atoms with Crippen LogP contribution in [0.5, 0.6) is 11.5 Å². The summed E-state index contributed by atoms with van der Waals surface area (Å²) in [7, 11) is 0. The molecular weight excluding hydrogens is 308 g/mol. The standard InChI is InChI=1S/C22H28N2O/c1-13(2)20-12-23-21-8-7-18(11-19(20)21)25-22-15(5)9-17(10-16(22)6)24-14(3)4/h7-14,23-24H,1-6H3. The number of anilines is 1. The molecule has 2 N–H and O–H groups in total. The van der Waals surface area contributed by atoms with E-state index in [1.165, 1.54) is 10.9 Å². The number of fused-ring (bicyclic) bond motifs is 1. The molecule has 0 amide bonds. The van der Waals surface area contributed by atoms with Crippen molar-refractivity contribution < 1.29 is 4.74 Å². The second-order valence-corrected chi connectivity index (χ2v) is 7.45. The van der Waals surface area contributed by atoms with Crippen LogP contribution in [-0.2, 0) is 0 Å². The van der Waals surface area contributed by atoms with Crippen LogP contribution >= 0.6 is 0 Å². The molecule has 3 nitrogen and oxygen atoms in total. The molecule has 0 radical (unpaired) electrons. The molecule has 3 heteroatoms. The maximum Gasteiger partial charge on any atom is 0.133 e. The molecule has 0 unspecified atom stereocenters. The van der Waals surface area contributed by atoms with E-state index in [0.717, 1.165) is 33.8 Å². The molecule has 0 aliphatic heterocycles. The molecule has 3 aromatic rings. The van der Waals surface area contributed by atoms with Crippen LogP contribution in [0.15, 0.2) is 36.5 Å². The minimum Gasteiger partial charge on any atom is -0.457 e. The second kappa shape index (κ2) is 6.83. The first-order valence-corrected chi connectivity index (χ1v) is 9.02. The van der Waals surface area contributed by atoms with Crippen molar-refractivity contribution in [3.8, 4) is 11.5 Å². The Balaban J connectivity index is 1.94. The minimum atomic E-state index is 0.413. The highest BCUT2D eigenvalue weighted by Crippen LogP contribution is 2.34. The third kappa shape index (κ3) is 3.65. The Bertz CT molecular complexity index is 867. The van der Waals surface area contributed by atoms with Gasteiger partial charge in [-0.25, -0.2) is 0 Å². The molecule has 0 saturated carbocycles.